The fourth-order valence-electron chi connectivity index (χ4n) is 1.20. The van der Waals surface area contributed by atoms with E-state index in [0.29, 0.717) is 5.56 Å². The van der Waals surface area contributed by atoms with Gasteiger partial charge in [0.15, 0.2) is 0 Å². The summed E-state index contributed by atoms with van der Waals surface area (Å²) in [6, 6.07) is 3.93. The van der Waals surface area contributed by atoms with Crippen LogP contribution in [0, 0.1) is 0 Å². The van der Waals surface area contributed by atoms with Gasteiger partial charge in [0, 0.05) is 10.6 Å². The molecule has 17 heavy (non-hydrogen) atoms. The van der Waals surface area contributed by atoms with Gasteiger partial charge in [-0.3, -0.25) is 4.79 Å². The first-order valence-corrected chi connectivity index (χ1v) is 6.23. The summed E-state index contributed by atoms with van der Waals surface area (Å²) in [5, 5.41) is 0. The molecule has 2 N–H and O–H groups in total. The largest absolute Gasteiger partial charge is 0.446 e. The van der Waals surface area contributed by atoms with E-state index >= 15 is 0 Å². The second-order valence-electron chi connectivity index (χ2n) is 3.31. The number of carbonyl (C=O) groups excluding carboxylic acids is 1. The Hall–Kier alpha value is -0.690. The predicted molar refractivity (Wildman–Crippen MR) is 65.1 cm³/mol. The van der Waals surface area contributed by atoms with E-state index in [4.69, 9.17) is 5.73 Å². The van der Waals surface area contributed by atoms with Crippen molar-refractivity contribution in [1.29, 1.82) is 0 Å². The van der Waals surface area contributed by atoms with Gasteiger partial charge in [-0.1, -0.05) is 22.0 Å². The summed E-state index contributed by atoms with van der Waals surface area (Å²) < 4.78 is 36.4. The average molecular weight is 328 g/mol. The smallest absolute Gasteiger partial charge is 0.398 e. The Kier molecular flexibility index (Phi) is 4.48. The second-order valence-corrected chi connectivity index (χ2v) is 5.37. The Morgan fingerprint density at radius 2 is 2.06 bits per heavy atom. The molecule has 0 radical (unpaired) electrons. The van der Waals surface area contributed by atoms with Crippen LogP contribution in [-0.4, -0.2) is 11.3 Å². The van der Waals surface area contributed by atoms with Gasteiger partial charge in [0.1, 0.15) is 5.78 Å². The number of rotatable bonds is 3. The number of benzene rings is 1. The number of halogens is 4. The van der Waals surface area contributed by atoms with Crippen molar-refractivity contribution in [2.75, 3.05) is 5.73 Å². The monoisotopic (exact) mass is 327 g/mol. The lowest BCUT2D eigenvalue weighted by Gasteiger charge is -2.12. The first-order valence-electron chi connectivity index (χ1n) is 4.50. The standard InChI is InChI=1S/C10H9BrF3NOS/c1-5(16)9(11)7-3-2-6(4-8(7)15)17-10(12,13)14/h2-4,9H,15H2,1H3. The molecule has 2 nitrogen and oxygen atoms in total. The van der Waals surface area contributed by atoms with E-state index in [0.717, 1.165) is 0 Å². The number of nitrogen functional groups attached to an aromatic ring is 1. The van der Waals surface area contributed by atoms with E-state index in [9.17, 15) is 18.0 Å². The minimum absolute atomic E-state index is 0.00185. The third-order valence-electron chi connectivity index (χ3n) is 1.92. The molecule has 0 aliphatic heterocycles. The average Bonchev–Trinajstić information content (AvgIpc) is 2.14. The summed E-state index contributed by atoms with van der Waals surface area (Å²) in [7, 11) is 0. The molecular weight excluding hydrogens is 319 g/mol. The molecule has 1 rings (SSSR count). The molecule has 0 aromatic heterocycles. The van der Waals surface area contributed by atoms with Crippen LogP contribution in [0.4, 0.5) is 18.9 Å². The van der Waals surface area contributed by atoms with Crippen molar-refractivity contribution in [3.05, 3.63) is 23.8 Å². The maximum atomic E-state index is 12.1. The highest BCUT2D eigenvalue weighted by molar-refractivity contribution is 9.09. The summed E-state index contributed by atoms with van der Waals surface area (Å²) in [4.78, 5) is 10.5. The molecule has 0 aliphatic carbocycles. The van der Waals surface area contributed by atoms with Gasteiger partial charge in [0.2, 0.25) is 0 Å². The van der Waals surface area contributed by atoms with Gasteiger partial charge in [-0.05, 0) is 36.4 Å². The Bertz CT molecular complexity index is 436. The van der Waals surface area contributed by atoms with Gasteiger partial charge < -0.3 is 5.73 Å². The number of alkyl halides is 4. The quantitative estimate of drug-likeness (QED) is 0.520. The maximum Gasteiger partial charge on any atom is 0.446 e. The van der Waals surface area contributed by atoms with E-state index in [1.807, 2.05) is 0 Å². The molecule has 0 spiro atoms. The molecule has 1 atom stereocenters. The lowest BCUT2D eigenvalue weighted by atomic mass is 10.1. The van der Waals surface area contributed by atoms with Crippen LogP contribution in [-0.2, 0) is 4.79 Å². The van der Waals surface area contributed by atoms with Crippen molar-refractivity contribution in [2.24, 2.45) is 0 Å². The molecule has 0 aliphatic rings. The molecular formula is C10H9BrF3NOS. The minimum atomic E-state index is -4.34. The zero-order chi connectivity index (χ0) is 13.2. The fourth-order valence-corrected chi connectivity index (χ4v) is 2.21. The van der Waals surface area contributed by atoms with E-state index < -0.39 is 10.3 Å². The van der Waals surface area contributed by atoms with Gasteiger partial charge in [0.05, 0.1) is 4.83 Å². The zero-order valence-corrected chi connectivity index (χ0v) is 11.1. The minimum Gasteiger partial charge on any atom is -0.398 e. The van der Waals surface area contributed by atoms with Gasteiger partial charge in [-0.25, -0.2) is 0 Å². The fraction of sp³-hybridized carbons (Fsp3) is 0.300. The topological polar surface area (TPSA) is 43.1 Å². The number of thioether (sulfide) groups is 1. The molecule has 7 heteroatoms. The first-order chi connectivity index (χ1) is 7.70. The number of carbonyl (C=O) groups is 1. The number of Topliss-reactive ketones (excluding diaryl/α,β-unsaturated/α-hetero) is 1. The lowest BCUT2D eigenvalue weighted by Crippen LogP contribution is -2.05. The summed E-state index contributed by atoms with van der Waals surface area (Å²) in [6.45, 7) is 1.37. The maximum absolute atomic E-state index is 12.1. The third-order valence-corrected chi connectivity index (χ3v) is 3.78. The van der Waals surface area contributed by atoms with Gasteiger partial charge in [-0.15, -0.1) is 0 Å². The first kappa shape index (κ1) is 14.4. The molecule has 1 aromatic carbocycles. The number of anilines is 1. The van der Waals surface area contributed by atoms with Crippen LogP contribution < -0.4 is 5.73 Å². The SMILES string of the molecule is CC(=O)C(Br)c1ccc(SC(F)(F)F)cc1N. The number of hydrogen-bond acceptors (Lipinski definition) is 3. The van der Waals surface area contributed by atoms with Crippen molar-refractivity contribution in [3.63, 3.8) is 0 Å². The van der Waals surface area contributed by atoms with Crippen LogP contribution in [0.1, 0.15) is 17.3 Å². The predicted octanol–water partition coefficient (Wildman–Crippen LogP) is 3.91. The van der Waals surface area contributed by atoms with Crippen molar-refractivity contribution < 1.29 is 18.0 Å². The Morgan fingerprint density at radius 3 is 2.47 bits per heavy atom. The molecule has 0 fully saturated rings. The van der Waals surface area contributed by atoms with Crippen molar-refractivity contribution >= 4 is 39.2 Å². The molecule has 94 valence electrons. The highest BCUT2D eigenvalue weighted by atomic mass is 79.9. The van der Waals surface area contributed by atoms with E-state index in [1.165, 1.54) is 25.1 Å². The molecule has 0 bridgehead atoms. The number of nitrogens with two attached hydrogens (primary N) is 1. The van der Waals surface area contributed by atoms with Crippen LogP contribution in [0.3, 0.4) is 0 Å². The summed E-state index contributed by atoms with van der Waals surface area (Å²) >= 11 is 2.89. The van der Waals surface area contributed by atoms with Crippen LogP contribution in [0.5, 0.6) is 0 Å². The van der Waals surface area contributed by atoms with E-state index in [1.54, 1.807) is 0 Å². The van der Waals surface area contributed by atoms with E-state index in [-0.39, 0.29) is 28.1 Å². The lowest BCUT2D eigenvalue weighted by molar-refractivity contribution is -0.116. The third kappa shape index (κ3) is 4.23. The van der Waals surface area contributed by atoms with Crippen LogP contribution in [0.2, 0.25) is 0 Å². The molecule has 0 saturated heterocycles. The van der Waals surface area contributed by atoms with E-state index in [2.05, 4.69) is 15.9 Å². The van der Waals surface area contributed by atoms with Gasteiger partial charge in [0.25, 0.3) is 0 Å². The van der Waals surface area contributed by atoms with Gasteiger partial charge >= 0.3 is 5.51 Å². The molecule has 1 unspecified atom stereocenters. The Balaban J connectivity index is 2.98. The Morgan fingerprint density at radius 1 is 1.47 bits per heavy atom. The normalized spacial score (nSPS) is 13.5. The highest BCUT2D eigenvalue weighted by Crippen LogP contribution is 2.39. The second kappa shape index (κ2) is 5.30. The zero-order valence-electron chi connectivity index (χ0n) is 8.72. The summed E-state index contributed by atoms with van der Waals surface area (Å²) in [5.74, 6) is -0.159. The molecule has 0 amide bonds. The Labute approximate surface area is 109 Å². The summed E-state index contributed by atoms with van der Waals surface area (Å²) in [6.07, 6.45) is 0. The van der Waals surface area contributed by atoms with Crippen molar-refractivity contribution in [3.8, 4) is 0 Å². The number of ketones is 1. The molecule has 1 aromatic rings. The van der Waals surface area contributed by atoms with Crippen LogP contribution in [0.25, 0.3) is 0 Å². The van der Waals surface area contributed by atoms with Crippen LogP contribution >= 0.6 is 27.7 Å². The van der Waals surface area contributed by atoms with Gasteiger partial charge in [-0.2, -0.15) is 13.2 Å². The summed E-state index contributed by atoms with van der Waals surface area (Å²) in [5.41, 5.74) is 1.91. The van der Waals surface area contributed by atoms with Crippen molar-refractivity contribution in [2.45, 2.75) is 22.2 Å². The highest BCUT2D eigenvalue weighted by Gasteiger charge is 2.29. The molecule has 0 saturated carbocycles. The number of hydrogen-bond donors (Lipinski definition) is 1. The van der Waals surface area contributed by atoms with Crippen molar-refractivity contribution in [1.82, 2.24) is 0 Å². The van der Waals surface area contributed by atoms with Crippen LogP contribution in [0.15, 0.2) is 23.1 Å². The molecule has 0 heterocycles.